The van der Waals surface area contributed by atoms with Crippen LogP contribution in [-0.4, -0.2) is 33.0 Å². The summed E-state index contributed by atoms with van der Waals surface area (Å²) in [7, 11) is 1.88. The topological polar surface area (TPSA) is 21.3 Å². The van der Waals surface area contributed by atoms with Crippen molar-refractivity contribution in [1.29, 1.82) is 0 Å². The van der Waals surface area contributed by atoms with Crippen molar-refractivity contribution in [1.82, 2.24) is 5.32 Å². The Bertz CT molecular complexity index is 393. The predicted octanol–water partition coefficient (Wildman–Crippen LogP) is 3.66. The van der Waals surface area contributed by atoms with Crippen molar-refractivity contribution in [3.63, 3.8) is 0 Å². The van der Waals surface area contributed by atoms with Crippen molar-refractivity contribution in [3.8, 4) is 0 Å². The summed E-state index contributed by atoms with van der Waals surface area (Å²) in [6, 6.07) is 8.23. The van der Waals surface area contributed by atoms with E-state index in [1.165, 1.54) is 11.1 Å². The average molecular weight is 289 g/mol. The second-order valence-electron chi connectivity index (χ2n) is 4.98. The van der Waals surface area contributed by atoms with Gasteiger partial charge in [0.05, 0.1) is 0 Å². The van der Waals surface area contributed by atoms with Crippen LogP contribution in [0.4, 0.5) is 13.2 Å². The van der Waals surface area contributed by atoms with Crippen LogP contribution in [0.2, 0.25) is 0 Å². The molecule has 0 radical (unpaired) electrons. The van der Waals surface area contributed by atoms with Gasteiger partial charge in [-0.3, -0.25) is 0 Å². The number of hydrogen-bond acceptors (Lipinski definition) is 2. The SMILES string of the molecule is CNCC(CCCOCC(F)(F)F)c1cccc(C)c1. The number of ether oxygens (including phenoxy) is 1. The summed E-state index contributed by atoms with van der Waals surface area (Å²) >= 11 is 0. The molecule has 0 saturated heterocycles. The first-order chi connectivity index (χ1) is 9.42. The lowest BCUT2D eigenvalue weighted by Crippen LogP contribution is -2.19. The normalized spacial score (nSPS) is 13.4. The molecule has 5 heteroatoms. The average Bonchev–Trinajstić information content (AvgIpc) is 2.36. The fourth-order valence-electron chi connectivity index (χ4n) is 2.18. The minimum absolute atomic E-state index is 0.144. The van der Waals surface area contributed by atoms with E-state index < -0.39 is 12.8 Å². The van der Waals surface area contributed by atoms with Crippen LogP contribution < -0.4 is 5.32 Å². The van der Waals surface area contributed by atoms with E-state index in [1.807, 2.05) is 26.1 Å². The first-order valence-corrected chi connectivity index (χ1v) is 6.78. The lowest BCUT2D eigenvalue weighted by atomic mass is 9.93. The molecule has 1 aromatic carbocycles. The Morgan fingerprint density at radius 2 is 2.05 bits per heavy atom. The van der Waals surface area contributed by atoms with Gasteiger partial charge in [0, 0.05) is 13.2 Å². The van der Waals surface area contributed by atoms with Crippen molar-refractivity contribution >= 4 is 0 Å². The molecule has 0 aliphatic heterocycles. The van der Waals surface area contributed by atoms with Crippen LogP contribution in [0.3, 0.4) is 0 Å². The molecule has 0 fully saturated rings. The lowest BCUT2D eigenvalue weighted by molar-refractivity contribution is -0.174. The fourth-order valence-corrected chi connectivity index (χ4v) is 2.18. The number of alkyl halides is 3. The van der Waals surface area contributed by atoms with Crippen molar-refractivity contribution < 1.29 is 17.9 Å². The van der Waals surface area contributed by atoms with Gasteiger partial charge in [0.25, 0.3) is 0 Å². The van der Waals surface area contributed by atoms with Crippen molar-refractivity contribution in [2.75, 3.05) is 26.8 Å². The second-order valence-corrected chi connectivity index (χ2v) is 4.98. The summed E-state index contributed by atoms with van der Waals surface area (Å²) < 4.78 is 40.5. The molecule has 0 spiro atoms. The molecule has 0 saturated carbocycles. The smallest absolute Gasteiger partial charge is 0.372 e. The molecule has 0 aliphatic carbocycles. The zero-order valence-corrected chi connectivity index (χ0v) is 12.0. The van der Waals surface area contributed by atoms with E-state index in [4.69, 9.17) is 0 Å². The molecule has 20 heavy (non-hydrogen) atoms. The number of halogens is 3. The maximum atomic E-state index is 11.9. The van der Waals surface area contributed by atoms with Gasteiger partial charge in [-0.2, -0.15) is 13.2 Å². The molecule has 1 rings (SSSR count). The van der Waals surface area contributed by atoms with Crippen LogP contribution in [0.25, 0.3) is 0 Å². The molecule has 0 bridgehead atoms. The number of rotatable bonds is 8. The van der Waals surface area contributed by atoms with E-state index in [1.54, 1.807) is 0 Å². The molecule has 0 aliphatic rings. The summed E-state index contributed by atoms with van der Waals surface area (Å²) in [5.41, 5.74) is 2.41. The highest BCUT2D eigenvalue weighted by Crippen LogP contribution is 2.22. The Morgan fingerprint density at radius 3 is 2.65 bits per heavy atom. The van der Waals surface area contributed by atoms with E-state index in [-0.39, 0.29) is 6.61 Å². The largest absolute Gasteiger partial charge is 0.411 e. The van der Waals surface area contributed by atoms with Crippen LogP contribution in [0, 0.1) is 6.92 Å². The number of benzene rings is 1. The highest BCUT2D eigenvalue weighted by atomic mass is 19.4. The van der Waals surface area contributed by atoms with Gasteiger partial charge in [-0.25, -0.2) is 0 Å². The third-order valence-corrected chi connectivity index (χ3v) is 3.07. The quantitative estimate of drug-likeness (QED) is 0.737. The van der Waals surface area contributed by atoms with Gasteiger partial charge in [0.1, 0.15) is 6.61 Å². The van der Waals surface area contributed by atoms with Gasteiger partial charge in [0.2, 0.25) is 0 Å². The second kappa shape index (κ2) is 8.27. The lowest BCUT2D eigenvalue weighted by Gasteiger charge is -2.17. The fraction of sp³-hybridized carbons (Fsp3) is 0.600. The molecular weight excluding hydrogens is 267 g/mol. The van der Waals surface area contributed by atoms with Gasteiger partial charge in [-0.05, 0) is 38.3 Å². The summed E-state index contributed by atoms with van der Waals surface area (Å²) in [4.78, 5) is 0. The Balaban J connectivity index is 2.40. The minimum Gasteiger partial charge on any atom is -0.372 e. The summed E-state index contributed by atoms with van der Waals surface area (Å²) in [5.74, 6) is 0.300. The third-order valence-electron chi connectivity index (χ3n) is 3.07. The molecule has 0 heterocycles. The Kier molecular flexibility index (Phi) is 7.02. The zero-order valence-electron chi connectivity index (χ0n) is 12.0. The van der Waals surface area contributed by atoms with Gasteiger partial charge in [-0.15, -0.1) is 0 Å². The molecule has 1 aromatic rings. The van der Waals surface area contributed by atoms with Gasteiger partial charge in [0.15, 0.2) is 0 Å². The van der Waals surface area contributed by atoms with E-state index in [9.17, 15) is 13.2 Å². The van der Waals surface area contributed by atoms with E-state index >= 15 is 0 Å². The molecule has 0 aromatic heterocycles. The molecule has 0 amide bonds. The minimum atomic E-state index is -4.24. The monoisotopic (exact) mass is 289 g/mol. The van der Waals surface area contributed by atoms with Crippen molar-refractivity contribution in [2.24, 2.45) is 0 Å². The Hall–Kier alpha value is -1.07. The maximum Gasteiger partial charge on any atom is 0.411 e. The molecule has 1 unspecified atom stereocenters. The first kappa shape index (κ1) is 17.0. The van der Waals surface area contributed by atoms with Crippen molar-refractivity contribution in [3.05, 3.63) is 35.4 Å². The number of nitrogens with one attached hydrogen (secondary N) is 1. The maximum absolute atomic E-state index is 11.9. The number of likely N-dealkylation sites (N-methyl/N-ethyl adjacent to an activating group) is 1. The van der Waals surface area contributed by atoms with Gasteiger partial charge >= 0.3 is 6.18 Å². The number of hydrogen-bond donors (Lipinski definition) is 1. The first-order valence-electron chi connectivity index (χ1n) is 6.78. The molecule has 1 atom stereocenters. The third kappa shape index (κ3) is 6.91. The van der Waals surface area contributed by atoms with Gasteiger partial charge in [-0.1, -0.05) is 29.8 Å². The van der Waals surface area contributed by atoms with E-state index in [2.05, 4.69) is 22.2 Å². The zero-order chi connectivity index (χ0) is 15.0. The standard InChI is InChI=1S/C15H22F3NO/c1-12-5-3-6-13(9-12)14(10-19-2)7-4-8-20-11-15(16,17)18/h3,5-6,9,14,19H,4,7-8,10-11H2,1-2H3. The Morgan fingerprint density at radius 1 is 1.30 bits per heavy atom. The van der Waals surface area contributed by atoms with Crippen LogP contribution in [0.5, 0.6) is 0 Å². The summed E-state index contributed by atoms with van der Waals surface area (Å²) in [6.45, 7) is 1.83. The van der Waals surface area contributed by atoms with Gasteiger partial charge < -0.3 is 10.1 Å². The Labute approximate surface area is 118 Å². The van der Waals surface area contributed by atoms with Crippen LogP contribution >= 0.6 is 0 Å². The summed E-state index contributed by atoms with van der Waals surface area (Å²) in [6.07, 6.45) is -2.81. The highest BCUT2D eigenvalue weighted by molar-refractivity contribution is 5.25. The molecule has 1 N–H and O–H groups in total. The number of aryl methyl sites for hydroxylation is 1. The molecule has 114 valence electrons. The molecular formula is C15H22F3NO. The van der Waals surface area contributed by atoms with Crippen LogP contribution in [0.15, 0.2) is 24.3 Å². The highest BCUT2D eigenvalue weighted by Gasteiger charge is 2.27. The summed E-state index contributed by atoms with van der Waals surface area (Å²) in [5, 5.41) is 3.13. The van der Waals surface area contributed by atoms with Crippen LogP contribution in [-0.2, 0) is 4.74 Å². The van der Waals surface area contributed by atoms with Crippen LogP contribution in [0.1, 0.15) is 29.9 Å². The van der Waals surface area contributed by atoms with Crippen molar-refractivity contribution in [2.45, 2.75) is 31.9 Å². The van der Waals surface area contributed by atoms with E-state index in [0.29, 0.717) is 12.3 Å². The predicted molar refractivity (Wildman–Crippen MR) is 74.0 cm³/mol. The van der Waals surface area contributed by atoms with E-state index in [0.717, 1.165) is 13.0 Å². The molecule has 2 nitrogen and oxygen atoms in total.